The highest BCUT2D eigenvalue weighted by atomic mass is 16.1. The Bertz CT molecular complexity index is 938. The number of aromatic amines is 1. The van der Waals surface area contributed by atoms with Crippen LogP contribution in [-0.4, -0.2) is 25.9 Å². The van der Waals surface area contributed by atoms with Crippen molar-refractivity contribution in [3.63, 3.8) is 0 Å². The third kappa shape index (κ3) is 2.11. The van der Waals surface area contributed by atoms with E-state index in [1.807, 2.05) is 0 Å². The van der Waals surface area contributed by atoms with Crippen LogP contribution in [0.3, 0.4) is 0 Å². The van der Waals surface area contributed by atoms with Gasteiger partial charge in [0.05, 0.1) is 11.1 Å². The lowest BCUT2D eigenvalue weighted by Gasteiger charge is -2.43. The fourth-order valence-electron chi connectivity index (χ4n) is 4.71. The van der Waals surface area contributed by atoms with Gasteiger partial charge in [-0.15, -0.1) is 0 Å². The molecule has 0 spiro atoms. The molecule has 0 saturated heterocycles. The molecule has 5 rings (SSSR count). The third-order valence-electron chi connectivity index (χ3n) is 6.00. The topological polar surface area (TPSA) is 83.6 Å². The van der Waals surface area contributed by atoms with Gasteiger partial charge < -0.3 is 5.32 Å². The average molecular weight is 349 g/mol. The van der Waals surface area contributed by atoms with Crippen LogP contribution in [0.1, 0.15) is 69.3 Å². The van der Waals surface area contributed by atoms with Crippen LogP contribution in [0.15, 0.2) is 29.9 Å². The minimum absolute atomic E-state index is 0.0562. The standard InChI is InChI=1S/C20H23N5O/c1-19(2)8-12-15(13(26)9-19)20(3,14-10-21-6-7-22-14)16-17(11-4-5-11)24-25-18(16)23-12/h6-7,10-11H,4-5,8-9H2,1-3H3,(H2,23,24,25). The van der Waals surface area contributed by atoms with Gasteiger partial charge in [0.2, 0.25) is 0 Å². The highest BCUT2D eigenvalue weighted by Crippen LogP contribution is 2.55. The molecule has 2 aromatic heterocycles. The number of carbonyl (C=O) groups is 1. The lowest BCUT2D eigenvalue weighted by Crippen LogP contribution is -2.42. The summed E-state index contributed by atoms with van der Waals surface area (Å²) in [7, 11) is 0. The van der Waals surface area contributed by atoms with Crippen molar-refractivity contribution in [3.8, 4) is 0 Å². The molecule has 0 bridgehead atoms. The van der Waals surface area contributed by atoms with Gasteiger partial charge in [-0.25, -0.2) is 0 Å². The van der Waals surface area contributed by atoms with Crippen molar-refractivity contribution < 1.29 is 4.79 Å². The van der Waals surface area contributed by atoms with Crippen LogP contribution in [0.2, 0.25) is 0 Å². The number of hydrogen-bond donors (Lipinski definition) is 2. The van der Waals surface area contributed by atoms with E-state index in [4.69, 9.17) is 0 Å². The fourth-order valence-corrected chi connectivity index (χ4v) is 4.71. The Balaban J connectivity index is 1.79. The van der Waals surface area contributed by atoms with Crippen LogP contribution >= 0.6 is 0 Å². The molecule has 26 heavy (non-hydrogen) atoms. The molecule has 1 atom stereocenters. The zero-order chi connectivity index (χ0) is 18.1. The van der Waals surface area contributed by atoms with E-state index in [0.717, 1.165) is 53.3 Å². The third-order valence-corrected chi connectivity index (χ3v) is 6.00. The van der Waals surface area contributed by atoms with Gasteiger partial charge in [-0.3, -0.25) is 19.9 Å². The Morgan fingerprint density at radius 2 is 1.96 bits per heavy atom. The van der Waals surface area contributed by atoms with Crippen molar-refractivity contribution in [3.05, 3.63) is 46.8 Å². The first kappa shape index (κ1) is 15.7. The van der Waals surface area contributed by atoms with Gasteiger partial charge in [0.25, 0.3) is 0 Å². The van der Waals surface area contributed by atoms with Crippen LogP contribution in [-0.2, 0) is 10.2 Å². The highest BCUT2D eigenvalue weighted by molar-refractivity contribution is 6.02. The van der Waals surface area contributed by atoms with E-state index in [-0.39, 0.29) is 11.2 Å². The monoisotopic (exact) mass is 349 g/mol. The molecule has 0 amide bonds. The number of allylic oxidation sites excluding steroid dienone is 2. The maximum Gasteiger partial charge on any atom is 0.162 e. The van der Waals surface area contributed by atoms with Gasteiger partial charge >= 0.3 is 0 Å². The maximum absolute atomic E-state index is 13.3. The van der Waals surface area contributed by atoms with Crippen molar-refractivity contribution in [2.45, 2.75) is 57.8 Å². The molecule has 1 saturated carbocycles. The lowest BCUT2D eigenvalue weighted by atomic mass is 9.63. The second kappa shape index (κ2) is 5.02. The predicted octanol–water partition coefficient (Wildman–Crippen LogP) is 3.45. The second-order valence-electron chi connectivity index (χ2n) is 8.77. The molecule has 1 aliphatic heterocycles. The smallest absolute Gasteiger partial charge is 0.162 e. The summed E-state index contributed by atoms with van der Waals surface area (Å²) in [4.78, 5) is 22.2. The zero-order valence-corrected chi connectivity index (χ0v) is 15.4. The summed E-state index contributed by atoms with van der Waals surface area (Å²) in [5.74, 6) is 1.54. The number of hydrogen-bond acceptors (Lipinski definition) is 5. The number of ketones is 1. The summed E-state index contributed by atoms with van der Waals surface area (Å²) in [6, 6.07) is 0. The number of anilines is 1. The minimum Gasteiger partial charge on any atom is -0.342 e. The van der Waals surface area contributed by atoms with Crippen LogP contribution in [0.4, 0.5) is 5.82 Å². The summed E-state index contributed by atoms with van der Waals surface area (Å²) >= 11 is 0. The first-order chi connectivity index (χ1) is 12.4. The van der Waals surface area contributed by atoms with Crippen molar-refractivity contribution in [1.29, 1.82) is 0 Å². The van der Waals surface area contributed by atoms with Gasteiger partial charge in [0.15, 0.2) is 11.6 Å². The Kier molecular flexibility index (Phi) is 3.04. The quantitative estimate of drug-likeness (QED) is 0.867. The number of aromatic nitrogens is 4. The van der Waals surface area contributed by atoms with E-state index in [2.05, 4.69) is 46.3 Å². The molecular weight excluding hydrogens is 326 g/mol. The number of nitrogens with one attached hydrogen (secondary N) is 2. The number of nitrogens with zero attached hydrogens (tertiary/aromatic N) is 3. The molecular formula is C20H23N5O. The molecule has 2 aromatic rings. The van der Waals surface area contributed by atoms with E-state index < -0.39 is 5.41 Å². The summed E-state index contributed by atoms with van der Waals surface area (Å²) in [6.45, 7) is 6.40. The number of Topliss-reactive ketones (excluding diaryl/α,β-unsaturated/α-hetero) is 1. The normalized spacial score (nSPS) is 27.0. The first-order valence-electron chi connectivity index (χ1n) is 9.29. The van der Waals surface area contributed by atoms with Crippen molar-refractivity contribution >= 4 is 11.6 Å². The molecule has 2 aliphatic carbocycles. The van der Waals surface area contributed by atoms with E-state index in [1.165, 1.54) is 0 Å². The molecule has 3 heterocycles. The van der Waals surface area contributed by atoms with E-state index in [1.54, 1.807) is 18.6 Å². The Morgan fingerprint density at radius 1 is 1.15 bits per heavy atom. The molecule has 0 radical (unpaired) electrons. The van der Waals surface area contributed by atoms with E-state index in [9.17, 15) is 4.79 Å². The van der Waals surface area contributed by atoms with Gasteiger partial charge in [-0.1, -0.05) is 13.8 Å². The molecule has 6 nitrogen and oxygen atoms in total. The van der Waals surface area contributed by atoms with Crippen LogP contribution < -0.4 is 5.32 Å². The number of fused-ring (bicyclic) bond motifs is 1. The number of rotatable bonds is 2. The summed E-state index contributed by atoms with van der Waals surface area (Å²) in [5.41, 5.74) is 4.18. The largest absolute Gasteiger partial charge is 0.342 e. The lowest BCUT2D eigenvalue weighted by molar-refractivity contribution is -0.118. The summed E-state index contributed by atoms with van der Waals surface area (Å²) in [6.07, 6.45) is 8.88. The Hall–Kier alpha value is -2.50. The van der Waals surface area contributed by atoms with E-state index in [0.29, 0.717) is 12.3 Å². The van der Waals surface area contributed by atoms with Crippen LogP contribution in [0.5, 0.6) is 0 Å². The zero-order valence-electron chi connectivity index (χ0n) is 15.4. The molecule has 3 aliphatic rings. The highest BCUT2D eigenvalue weighted by Gasteiger charge is 2.51. The predicted molar refractivity (Wildman–Crippen MR) is 97.7 cm³/mol. The Labute approximate surface area is 152 Å². The van der Waals surface area contributed by atoms with Crippen molar-refractivity contribution in [2.24, 2.45) is 5.41 Å². The van der Waals surface area contributed by atoms with Gasteiger partial charge in [-0.2, -0.15) is 5.10 Å². The van der Waals surface area contributed by atoms with Crippen molar-refractivity contribution in [2.75, 3.05) is 5.32 Å². The number of carbonyl (C=O) groups excluding carboxylic acids is 1. The van der Waals surface area contributed by atoms with Gasteiger partial charge in [-0.05, 0) is 31.6 Å². The second-order valence-corrected chi connectivity index (χ2v) is 8.77. The molecule has 1 fully saturated rings. The summed E-state index contributed by atoms with van der Waals surface area (Å²) < 4.78 is 0. The maximum atomic E-state index is 13.3. The fraction of sp³-hybridized carbons (Fsp3) is 0.500. The van der Waals surface area contributed by atoms with E-state index >= 15 is 0 Å². The molecule has 1 unspecified atom stereocenters. The van der Waals surface area contributed by atoms with Gasteiger partial charge in [0.1, 0.15) is 0 Å². The van der Waals surface area contributed by atoms with Crippen LogP contribution in [0, 0.1) is 5.41 Å². The van der Waals surface area contributed by atoms with Gasteiger partial charge in [0, 0.05) is 53.5 Å². The summed E-state index contributed by atoms with van der Waals surface area (Å²) in [5, 5.41) is 11.3. The SMILES string of the molecule is CC1(C)CC(=O)C2=C(C1)Nc1n[nH]c(C3CC3)c1C2(C)c1cnccn1. The van der Waals surface area contributed by atoms with Crippen molar-refractivity contribution in [1.82, 2.24) is 20.2 Å². The van der Waals surface area contributed by atoms with Crippen LogP contribution in [0.25, 0.3) is 0 Å². The first-order valence-corrected chi connectivity index (χ1v) is 9.29. The Morgan fingerprint density at radius 3 is 2.65 bits per heavy atom. The molecule has 134 valence electrons. The molecule has 2 N–H and O–H groups in total. The molecule has 6 heteroatoms. The average Bonchev–Trinajstić information content (AvgIpc) is 3.34. The molecule has 0 aromatic carbocycles. The minimum atomic E-state index is -0.622. The number of H-pyrrole nitrogens is 1.